The molecule has 178 valence electrons. The predicted molar refractivity (Wildman–Crippen MR) is 112 cm³/mol. The summed E-state index contributed by atoms with van der Waals surface area (Å²) in [4.78, 5) is 59.1. The van der Waals surface area contributed by atoms with Crippen LogP contribution in [0.4, 0.5) is 0 Å². The van der Waals surface area contributed by atoms with Crippen molar-refractivity contribution in [2.45, 2.75) is 77.0 Å². The maximum absolute atomic E-state index is 12.6. The molecule has 0 spiro atoms. The molecule has 0 saturated carbocycles. The van der Waals surface area contributed by atoms with E-state index >= 15 is 0 Å². The van der Waals surface area contributed by atoms with Gasteiger partial charge in [0.05, 0.1) is 6.04 Å². The molecule has 0 heterocycles. The van der Waals surface area contributed by atoms with Gasteiger partial charge in [-0.25, -0.2) is 4.79 Å². The smallest absolute Gasteiger partial charge is 0.326 e. The number of amides is 3. The van der Waals surface area contributed by atoms with Crippen molar-refractivity contribution in [2.24, 2.45) is 17.4 Å². The van der Waals surface area contributed by atoms with Crippen molar-refractivity contribution < 1.29 is 34.2 Å². The number of carboxylic acids is 2. The van der Waals surface area contributed by atoms with Crippen molar-refractivity contribution >= 4 is 29.7 Å². The lowest BCUT2D eigenvalue weighted by Gasteiger charge is -2.24. The van der Waals surface area contributed by atoms with Crippen LogP contribution in [-0.4, -0.2) is 70.6 Å². The fourth-order valence-corrected chi connectivity index (χ4v) is 2.62. The predicted octanol–water partition coefficient (Wildman–Crippen LogP) is -1.48. The van der Waals surface area contributed by atoms with E-state index in [1.165, 1.54) is 6.92 Å². The Labute approximate surface area is 181 Å². The SMILES string of the molecule is CC(NC(=O)C(CCCCN)NC(=O)C(N)CCC(=O)O)C(=O)NC(C(=O)O)C(C)C. The van der Waals surface area contributed by atoms with E-state index in [2.05, 4.69) is 16.0 Å². The zero-order valence-corrected chi connectivity index (χ0v) is 18.2. The lowest BCUT2D eigenvalue weighted by molar-refractivity contribution is -0.143. The van der Waals surface area contributed by atoms with Gasteiger partial charge in [0, 0.05) is 6.42 Å². The van der Waals surface area contributed by atoms with Gasteiger partial charge in [0.25, 0.3) is 0 Å². The first-order valence-electron chi connectivity index (χ1n) is 10.2. The number of carboxylic acid groups (broad SMARTS) is 2. The minimum absolute atomic E-state index is 0.0944. The Kier molecular flexibility index (Phi) is 13.0. The lowest BCUT2D eigenvalue weighted by atomic mass is 10.0. The summed E-state index contributed by atoms with van der Waals surface area (Å²) in [6, 6.07) is -4.28. The molecule has 0 aromatic rings. The third kappa shape index (κ3) is 11.3. The number of nitrogens with one attached hydrogen (secondary N) is 3. The van der Waals surface area contributed by atoms with Crippen LogP contribution in [-0.2, 0) is 24.0 Å². The molecule has 0 radical (unpaired) electrons. The Balaban J connectivity index is 5.06. The summed E-state index contributed by atoms with van der Waals surface area (Å²) < 4.78 is 0. The molecule has 9 N–H and O–H groups in total. The van der Waals surface area contributed by atoms with E-state index in [9.17, 15) is 29.1 Å². The second-order valence-electron chi connectivity index (χ2n) is 7.68. The Morgan fingerprint density at radius 3 is 1.94 bits per heavy atom. The van der Waals surface area contributed by atoms with Crippen molar-refractivity contribution in [1.29, 1.82) is 0 Å². The summed E-state index contributed by atoms with van der Waals surface area (Å²) in [7, 11) is 0. The molecule has 0 rings (SSSR count). The van der Waals surface area contributed by atoms with Crippen molar-refractivity contribution in [3.63, 3.8) is 0 Å². The molecule has 12 nitrogen and oxygen atoms in total. The van der Waals surface area contributed by atoms with Crippen LogP contribution in [0, 0.1) is 5.92 Å². The Morgan fingerprint density at radius 1 is 0.839 bits per heavy atom. The largest absolute Gasteiger partial charge is 0.481 e. The number of rotatable bonds is 15. The van der Waals surface area contributed by atoms with Crippen LogP contribution in [0.5, 0.6) is 0 Å². The average molecular weight is 446 g/mol. The summed E-state index contributed by atoms with van der Waals surface area (Å²) in [6.45, 7) is 5.06. The number of carbonyl (C=O) groups excluding carboxylic acids is 3. The normalized spacial score (nSPS) is 14.8. The van der Waals surface area contributed by atoms with E-state index in [-0.39, 0.29) is 25.2 Å². The van der Waals surface area contributed by atoms with Crippen LogP contribution in [0.15, 0.2) is 0 Å². The van der Waals surface area contributed by atoms with E-state index in [1.54, 1.807) is 13.8 Å². The summed E-state index contributed by atoms with van der Waals surface area (Å²) in [5.41, 5.74) is 11.1. The lowest BCUT2D eigenvalue weighted by Crippen LogP contribution is -2.56. The van der Waals surface area contributed by atoms with E-state index in [1.807, 2.05) is 0 Å². The second kappa shape index (κ2) is 14.3. The van der Waals surface area contributed by atoms with Crippen molar-refractivity contribution in [2.75, 3.05) is 6.54 Å². The zero-order valence-electron chi connectivity index (χ0n) is 18.2. The van der Waals surface area contributed by atoms with Crippen molar-refractivity contribution in [3.8, 4) is 0 Å². The van der Waals surface area contributed by atoms with Crippen LogP contribution in [0.2, 0.25) is 0 Å². The molecular weight excluding hydrogens is 410 g/mol. The first kappa shape index (κ1) is 28.3. The number of carbonyl (C=O) groups is 5. The van der Waals surface area contributed by atoms with Gasteiger partial charge in [0.1, 0.15) is 18.1 Å². The van der Waals surface area contributed by atoms with E-state index < -0.39 is 53.8 Å². The average Bonchev–Trinajstić information content (AvgIpc) is 2.68. The fourth-order valence-electron chi connectivity index (χ4n) is 2.62. The summed E-state index contributed by atoms with van der Waals surface area (Å²) in [5.74, 6) is -4.66. The minimum Gasteiger partial charge on any atom is -0.481 e. The van der Waals surface area contributed by atoms with Gasteiger partial charge in [-0.3, -0.25) is 19.2 Å². The quantitative estimate of drug-likeness (QED) is 0.146. The number of nitrogens with two attached hydrogens (primary N) is 2. The monoisotopic (exact) mass is 445 g/mol. The molecule has 0 aromatic heterocycles. The maximum atomic E-state index is 12.6. The molecular formula is C19H35N5O7. The minimum atomic E-state index is -1.19. The van der Waals surface area contributed by atoms with Crippen molar-refractivity contribution in [3.05, 3.63) is 0 Å². The third-order valence-corrected chi connectivity index (χ3v) is 4.57. The van der Waals surface area contributed by atoms with Gasteiger partial charge in [0.15, 0.2) is 0 Å². The Hall–Kier alpha value is -2.73. The molecule has 12 heteroatoms. The molecule has 0 bridgehead atoms. The highest BCUT2D eigenvalue weighted by Gasteiger charge is 2.29. The van der Waals surface area contributed by atoms with Crippen LogP contribution < -0.4 is 27.4 Å². The van der Waals surface area contributed by atoms with E-state index in [0.29, 0.717) is 19.4 Å². The molecule has 0 saturated heterocycles. The molecule has 0 aromatic carbocycles. The number of hydrogen-bond donors (Lipinski definition) is 7. The van der Waals surface area contributed by atoms with Crippen molar-refractivity contribution in [1.82, 2.24) is 16.0 Å². The van der Waals surface area contributed by atoms with Crippen LogP contribution >= 0.6 is 0 Å². The topological polar surface area (TPSA) is 214 Å². The zero-order chi connectivity index (χ0) is 24.1. The Morgan fingerprint density at radius 2 is 1.45 bits per heavy atom. The first-order chi connectivity index (χ1) is 14.4. The highest BCUT2D eigenvalue weighted by molar-refractivity contribution is 5.94. The molecule has 31 heavy (non-hydrogen) atoms. The molecule has 0 aliphatic heterocycles. The third-order valence-electron chi connectivity index (χ3n) is 4.57. The molecule has 4 unspecified atom stereocenters. The van der Waals surface area contributed by atoms with Crippen LogP contribution in [0.1, 0.15) is 52.9 Å². The maximum Gasteiger partial charge on any atom is 0.326 e. The van der Waals surface area contributed by atoms with E-state index in [0.717, 1.165) is 0 Å². The van der Waals surface area contributed by atoms with Gasteiger partial charge in [0.2, 0.25) is 17.7 Å². The van der Waals surface area contributed by atoms with Crippen LogP contribution in [0.3, 0.4) is 0 Å². The van der Waals surface area contributed by atoms with Gasteiger partial charge in [-0.2, -0.15) is 0 Å². The summed E-state index contributed by atoms with van der Waals surface area (Å²) >= 11 is 0. The molecule has 4 atom stereocenters. The highest BCUT2D eigenvalue weighted by atomic mass is 16.4. The molecule has 0 aliphatic rings. The molecule has 0 fully saturated rings. The molecule has 0 aliphatic carbocycles. The standard InChI is InChI=1S/C19H35N5O7/c1-10(2)15(19(30)31)24-16(27)11(3)22-18(29)13(6-4-5-9-20)23-17(28)12(21)7-8-14(25)26/h10-13,15H,4-9,20-21H2,1-3H3,(H,22,29)(H,23,28)(H,24,27)(H,25,26)(H,30,31). The van der Waals surface area contributed by atoms with Crippen LogP contribution in [0.25, 0.3) is 0 Å². The number of hydrogen-bond acceptors (Lipinski definition) is 7. The highest BCUT2D eigenvalue weighted by Crippen LogP contribution is 2.05. The first-order valence-corrected chi connectivity index (χ1v) is 10.2. The van der Waals surface area contributed by atoms with Gasteiger partial charge in [-0.05, 0) is 45.1 Å². The van der Waals surface area contributed by atoms with E-state index in [4.69, 9.17) is 16.6 Å². The second-order valence-corrected chi connectivity index (χ2v) is 7.68. The van der Waals surface area contributed by atoms with Gasteiger partial charge >= 0.3 is 11.9 Å². The van der Waals surface area contributed by atoms with Gasteiger partial charge < -0.3 is 37.6 Å². The Bertz CT molecular complexity index is 641. The summed E-state index contributed by atoms with van der Waals surface area (Å²) in [5, 5.41) is 25.2. The number of aliphatic carboxylic acids is 2. The van der Waals surface area contributed by atoms with Gasteiger partial charge in [-0.1, -0.05) is 13.8 Å². The van der Waals surface area contributed by atoms with Gasteiger partial charge in [-0.15, -0.1) is 0 Å². The summed E-state index contributed by atoms with van der Waals surface area (Å²) in [6.07, 6.45) is 0.974. The fraction of sp³-hybridized carbons (Fsp3) is 0.737. The number of unbranched alkanes of at least 4 members (excludes halogenated alkanes) is 1. The molecule has 3 amide bonds.